The molecule has 0 aliphatic rings. The Morgan fingerprint density at radius 1 is 0.575 bits per heavy atom. The van der Waals surface area contributed by atoms with E-state index >= 15 is 0 Å². The summed E-state index contributed by atoms with van der Waals surface area (Å²) in [5.74, 6) is -0.480. The minimum absolute atomic E-state index is 0.0364. The average molecular weight is 563 g/mol. The van der Waals surface area contributed by atoms with Gasteiger partial charge in [-0.3, -0.25) is 19.2 Å². The first-order valence-electron chi connectivity index (χ1n) is 13.8. The van der Waals surface area contributed by atoms with Crippen LogP contribution in [-0.4, -0.2) is 75.1 Å². The molecular weight excluding hydrogens is 512 g/mol. The van der Waals surface area contributed by atoms with Crippen molar-refractivity contribution in [2.45, 2.75) is 78.2 Å². The normalized spacial score (nSPS) is 11.0. The van der Waals surface area contributed by atoms with Gasteiger partial charge in [-0.15, -0.1) is 0 Å². The van der Waals surface area contributed by atoms with E-state index in [4.69, 9.17) is 14.2 Å². The van der Waals surface area contributed by atoms with E-state index in [-0.39, 0.29) is 43.2 Å². The van der Waals surface area contributed by atoms with Crippen molar-refractivity contribution in [3.05, 3.63) is 48.6 Å². The predicted octanol–water partition coefficient (Wildman–Crippen LogP) is 4.18. The van der Waals surface area contributed by atoms with E-state index < -0.39 is 5.54 Å². The molecule has 226 valence electrons. The molecule has 0 aromatic rings. The van der Waals surface area contributed by atoms with Crippen molar-refractivity contribution in [3.8, 4) is 0 Å². The van der Waals surface area contributed by atoms with Crippen molar-refractivity contribution >= 4 is 23.4 Å². The highest BCUT2D eigenvalue weighted by molar-refractivity contribution is 5.94. The summed E-state index contributed by atoms with van der Waals surface area (Å²) in [5, 5.41) is 5.73. The second-order valence-corrected chi connectivity index (χ2v) is 10.4. The van der Waals surface area contributed by atoms with E-state index in [1.807, 2.05) is 0 Å². The molecular formula is C31H50N2O7. The van der Waals surface area contributed by atoms with Gasteiger partial charge in [0.25, 0.3) is 0 Å². The van der Waals surface area contributed by atoms with Crippen LogP contribution in [0.25, 0.3) is 0 Å². The number of Topliss-reactive ketones (excluding diaryl/α,β-unsaturated/α-hetero) is 2. The molecule has 0 fully saturated rings. The highest BCUT2D eigenvalue weighted by atomic mass is 16.5. The van der Waals surface area contributed by atoms with Gasteiger partial charge in [-0.05, 0) is 70.9 Å². The molecule has 0 atom stereocenters. The zero-order chi connectivity index (χ0) is 30.6. The van der Waals surface area contributed by atoms with Gasteiger partial charge in [-0.1, -0.05) is 26.3 Å². The van der Waals surface area contributed by atoms with E-state index in [1.54, 1.807) is 27.7 Å². The molecule has 0 saturated heterocycles. The second kappa shape index (κ2) is 20.9. The summed E-state index contributed by atoms with van der Waals surface area (Å²) in [6.45, 7) is 23.3. The number of carbonyl (C=O) groups is 4. The van der Waals surface area contributed by atoms with Crippen molar-refractivity contribution in [1.29, 1.82) is 0 Å². The summed E-state index contributed by atoms with van der Waals surface area (Å²) in [7, 11) is 0. The number of hydrogen-bond donors (Lipinski definition) is 2. The van der Waals surface area contributed by atoms with Gasteiger partial charge in [-0.25, -0.2) is 0 Å². The summed E-state index contributed by atoms with van der Waals surface area (Å²) < 4.78 is 17.8. The zero-order valence-corrected chi connectivity index (χ0v) is 25.1. The molecule has 0 heterocycles. The van der Waals surface area contributed by atoms with E-state index in [0.717, 1.165) is 0 Å². The van der Waals surface area contributed by atoms with Crippen LogP contribution in [0.3, 0.4) is 0 Å². The Morgan fingerprint density at radius 2 is 0.975 bits per heavy atom. The highest BCUT2D eigenvalue weighted by Gasteiger charge is 2.34. The first kappa shape index (κ1) is 37.1. The Hall–Kier alpha value is -2.88. The summed E-state index contributed by atoms with van der Waals surface area (Å²) in [5.41, 5.74) is 0.867. The maximum atomic E-state index is 12.7. The number of nitrogens with one attached hydrogen (secondary N) is 2. The van der Waals surface area contributed by atoms with Gasteiger partial charge in [0.1, 0.15) is 5.54 Å². The molecule has 9 nitrogen and oxygen atoms in total. The largest absolute Gasteiger partial charge is 0.379 e. The summed E-state index contributed by atoms with van der Waals surface area (Å²) in [4.78, 5) is 47.9. The maximum absolute atomic E-state index is 12.7. The average Bonchev–Trinajstić information content (AvgIpc) is 2.89. The first-order chi connectivity index (χ1) is 18.8. The molecule has 40 heavy (non-hydrogen) atoms. The van der Waals surface area contributed by atoms with Crippen molar-refractivity contribution in [2.75, 3.05) is 46.2 Å². The molecule has 9 heteroatoms. The SMILES string of the molecule is C=C(C)C(=O)CCCCOCC(COCCCCC(=O)C(=C)C)(COCCCNC(=O)C(=C)C)NC(=O)C(=C)C. The van der Waals surface area contributed by atoms with Gasteiger partial charge in [0.15, 0.2) is 11.6 Å². The molecule has 2 amide bonds. The molecule has 0 unspecified atom stereocenters. The molecule has 0 bridgehead atoms. The quantitative estimate of drug-likeness (QED) is 0.127. The number of amides is 2. The molecule has 0 saturated carbocycles. The lowest BCUT2D eigenvalue weighted by Gasteiger charge is -2.34. The van der Waals surface area contributed by atoms with Crippen LogP contribution in [0.1, 0.15) is 72.6 Å². The van der Waals surface area contributed by atoms with Crippen molar-refractivity contribution < 1.29 is 33.4 Å². The molecule has 0 spiro atoms. The smallest absolute Gasteiger partial charge is 0.246 e. The number of unbranched alkanes of at least 4 members (excludes halogenated alkanes) is 2. The van der Waals surface area contributed by atoms with E-state index in [9.17, 15) is 19.2 Å². The lowest BCUT2D eigenvalue weighted by Crippen LogP contribution is -2.58. The predicted molar refractivity (Wildman–Crippen MR) is 158 cm³/mol. The van der Waals surface area contributed by atoms with Crippen molar-refractivity contribution in [2.24, 2.45) is 0 Å². The molecule has 0 aromatic carbocycles. The Balaban J connectivity index is 5.14. The van der Waals surface area contributed by atoms with Gasteiger partial charge in [0, 0.05) is 50.4 Å². The van der Waals surface area contributed by atoms with Crippen LogP contribution in [0.2, 0.25) is 0 Å². The second-order valence-electron chi connectivity index (χ2n) is 10.4. The molecule has 0 rings (SSSR count). The van der Waals surface area contributed by atoms with E-state index in [2.05, 4.69) is 36.9 Å². The Kier molecular flexibility index (Phi) is 19.4. The molecule has 0 radical (unpaired) electrons. The van der Waals surface area contributed by atoms with E-state index in [0.29, 0.717) is 93.6 Å². The van der Waals surface area contributed by atoms with Crippen LogP contribution in [-0.2, 0) is 33.4 Å². The van der Waals surface area contributed by atoms with Gasteiger partial charge >= 0.3 is 0 Å². The minimum atomic E-state index is -0.988. The number of allylic oxidation sites excluding steroid dienone is 2. The maximum Gasteiger partial charge on any atom is 0.246 e. The van der Waals surface area contributed by atoms with Crippen molar-refractivity contribution in [1.82, 2.24) is 10.6 Å². The summed E-state index contributed by atoms with van der Waals surface area (Å²) in [6, 6.07) is 0. The number of rotatable bonds is 25. The third-order valence-electron chi connectivity index (χ3n) is 5.88. The standard InChI is InChI=1S/C31H50N2O7/c1-23(2)27(34)14-9-11-17-38-20-31(33-30(37)26(7)8,21-39-18-12-10-15-28(35)24(3)4)22-40-19-13-16-32-29(36)25(5)6/h1,3,5,7,9-22H2,2,4,6,8H3,(H,32,36)(H,33,37). The summed E-state index contributed by atoms with van der Waals surface area (Å²) >= 11 is 0. The van der Waals surface area contributed by atoms with Crippen LogP contribution in [0.15, 0.2) is 48.6 Å². The molecule has 2 N–H and O–H groups in total. The monoisotopic (exact) mass is 562 g/mol. The van der Waals surface area contributed by atoms with Crippen LogP contribution in [0.4, 0.5) is 0 Å². The lowest BCUT2D eigenvalue weighted by atomic mass is 10.0. The van der Waals surface area contributed by atoms with Gasteiger partial charge < -0.3 is 24.8 Å². The van der Waals surface area contributed by atoms with Crippen molar-refractivity contribution in [3.63, 3.8) is 0 Å². The number of hydrogen-bond acceptors (Lipinski definition) is 7. The van der Waals surface area contributed by atoms with Crippen LogP contribution >= 0.6 is 0 Å². The molecule has 0 aromatic heterocycles. The fourth-order valence-electron chi connectivity index (χ4n) is 3.32. The van der Waals surface area contributed by atoms with Crippen LogP contribution in [0.5, 0.6) is 0 Å². The van der Waals surface area contributed by atoms with Crippen LogP contribution < -0.4 is 10.6 Å². The highest BCUT2D eigenvalue weighted by Crippen LogP contribution is 2.13. The number of ketones is 2. The van der Waals surface area contributed by atoms with Gasteiger partial charge in [-0.2, -0.15) is 0 Å². The summed E-state index contributed by atoms with van der Waals surface area (Å²) in [6.07, 6.45) is 4.08. The topological polar surface area (TPSA) is 120 Å². The Labute approximate surface area is 240 Å². The Morgan fingerprint density at radius 3 is 1.35 bits per heavy atom. The van der Waals surface area contributed by atoms with Gasteiger partial charge in [0.2, 0.25) is 11.8 Å². The number of carbonyl (C=O) groups excluding carboxylic acids is 4. The van der Waals surface area contributed by atoms with Gasteiger partial charge in [0.05, 0.1) is 19.8 Å². The minimum Gasteiger partial charge on any atom is -0.379 e. The van der Waals surface area contributed by atoms with Crippen LogP contribution in [0, 0.1) is 0 Å². The lowest BCUT2D eigenvalue weighted by molar-refractivity contribution is -0.124. The fourth-order valence-corrected chi connectivity index (χ4v) is 3.32. The molecule has 0 aliphatic heterocycles. The zero-order valence-electron chi connectivity index (χ0n) is 25.1. The number of ether oxygens (including phenoxy) is 3. The third-order valence-corrected chi connectivity index (χ3v) is 5.88. The first-order valence-corrected chi connectivity index (χ1v) is 13.8. The third kappa shape index (κ3) is 17.7. The molecule has 0 aliphatic carbocycles. The van der Waals surface area contributed by atoms with E-state index in [1.165, 1.54) is 0 Å². The fraction of sp³-hybridized carbons (Fsp3) is 0.613. The Bertz CT molecular complexity index is 814.